The monoisotopic (exact) mass is 268 g/mol. The topological polar surface area (TPSA) is 72.1 Å². The average molecular weight is 268 g/mol. The van der Waals surface area contributed by atoms with Gasteiger partial charge in [-0.05, 0) is 33.6 Å². The van der Waals surface area contributed by atoms with Crippen molar-refractivity contribution in [3.63, 3.8) is 0 Å². The van der Waals surface area contributed by atoms with Crippen LogP contribution in [0, 0.1) is 0 Å². The van der Waals surface area contributed by atoms with Gasteiger partial charge >= 0.3 is 5.69 Å². The van der Waals surface area contributed by atoms with Crippen molar-refractivity contribution < 1.29 is 5.11 Å². The van der Waals surface area contributed by atoms with Crippen molar-refractivity contribution in [2.45, 2.75) is 64.8 Å². The van der Waals surface area contributed by atoms with Gasteiger partial charge in [-0.1, -0.05) is 0 Å². The summed E-state index contributed by atoms with van der Waals surface area (Å²) >= 11 is 0. The third-order valence-corrected chi connectivity index (χ3v) is 3.28. The molecule has 0 fully saturated rings. The van der Waals surface area contributed by atoms with Gasteiger partial charge in [-0.2, -0.15) is 5.10 Å². The fourth-order valence-corrected chi connectivity index (χ4v) is 2.26. The van der Waals surface area contributed by atoms with Gasteiger partial charge in [0, 0.05) is 25.0 Å². The van der Waals surface area contributed by atoms with E-state index in [0.717, 1.165) is 31.6 Å². The number of rotatable bonds is 4. The second kappa shape index (κ2) is 5.46. The molecule has 0 saturated carbocycles. The van der Waals surface area contributed by atoms with Crippen LogP contribution in [-0.4, -0.2) is 37.6 Å². The first-order valence-corrected chi connectivity index (χ1v) is 6.96. The van der Waals surface area contributed by atoms with E-state index >= 15 is 0 Å². The lowest BCUT2D eigenvalue weighted by Crippen LogP contribution is -2.43. The number of aliphatic hydroxyl groups excluding tert-OH is 1. The van der Waals surface area contributed by atoms with E-state index in [1.165, 1.54) is 4.68 Å². The van der Waals surface area contributed by atoms with Gasteiger partial charge in [0.25, 0.3) is 0 Å². The van der Waals surface area contributed by atoms with Crippen LogP contribution in [0.4, 0.5) is 0 Å². The molecule has 1 atom stereocenters. The molecule has 0 aliphatic carbocycles. The summed E-state index contributed by atoms with van der Waals surface area (Å²) in [6, 6.07) is 0. The van der Waals surface area contributed by atoms with Crippen LogP contribution in [0.1, 0.15) is 39.4 Å². The van der Waals surface area contributed by atoms with E-state index in [1.807, 2.05) is 20.8 Å². The molecule has 0 amide bonds. The molecule has 0 bridgehead atoms. The van der Waals surface area contributed by atoms with Crippen molar-refractivity contribution in [1.82, 2.24) is 19.7 Å². The van der Waals surface area contributed by atoms with E-state index in [2.05, 4.69) is 10.4 Å². The first-order valence-electron chi connectivity index (χ1n) is 6.96. The second-order valence-corrected chi connectivity index (χ2v) is 6.27. The van der Waals surface area contributed by atoms with Gasteiger partial charge in [0.15, 0.2) is 0 Å². The van der Waals surface area contributed by atoms with Crippen LogP contribution >= 0.6 is 0 Å². The highest BCUT2D eigenvalue weighted by atomic mass is 16.3. The number of hydrogen-bond acceptors (Lipinski definition) is 4. The third kappa shape index (κ3) is 3.67. The first-order chi connectivity index (χ1) is 8.87. The second-order valence-electron chi connectivity index (χ2n) is 6.27. The van der Waals surface area contributed by atoms with E-state index in [9.17, 15) is 9.90 Å². The Balaban J connectivity index is 1.99. The number of hydrogen-bond donors (Lipinski definition) is 2. The summed E-state index contributed by atoms with van der Waals surface area (Å²) in [5, 5.41) is 17.5. The molecule has 2 rings (SSSR count). The van der Waals surface area contributed by atoms with Gasteiger partial charge in [0.2, 0.25) is 0 Å². The Morgan fingerprint density at radius 1 is 1.42 bits per heavy atom. The zero-order valence-corrected chi connectivity index (χ0v) is 12.0. The highest BCUT2D eigenvalue weighted by molar-refractivity contribution is 4.91. The Bertz CT molecular complexity index is 484. The fourth-order valence-electron chi connectivity index (χ4n) is 2.26. The molecule has 6 nitrogen and oxygen atoms in total. The molecular formula is C13H24N4O2. The Morgan fingerprint density at radius 3 is 2.79 bits per heavy atom. The number of nitrogens with one attached hydrogen (secondary N) is 1. The summed E-state index contributed by atoms with van der Waals surface area (Å²) in [4.78, 5) is 12.1. The molecule has 0 aromatic carbocycles. The van der Waals surface area contributed by atoms with Crippen LogP contribution in [0.3, 0.4) is 0 Å². The van der Waals surface area contributed by atoms with Gasteiger partial charge in [0.05, 0.1) is 12.6 Å². The Kier molecular flexibility index (Phi) is 4.10. The number of fused-ring (bicyclic) bond motifs is 1. The van der Waals surface area contributed by atoms with Crippen molar-refractivity contribution in [2.24, 2.45) is 0 Å². The molecule has 6 heteroatoms. The smallest absolute Gasteiger partial charge is 0.346 e. The summed E-state index contributed by atoms with van der Waals surface area (Å²) in [7, 11) is 0. The van der Waals surface area contributed by atoms with Crippen molar-refractivity contribution in [1.29, 1.82) is 0 Å². The number of aryl methyl sites for hydroxylation is 1. The molecule has 1 unspecified atom stereocenters. The zero-order chi connectivity index (χ0) is 14.0. The highest BCUT2D eigenvalue weighted by Crippen LogP contribution is 2.09. The molecule has 2 heterocycles. The standard InChI is InChI=1S/C13H24N4O2/c1-13(2,3)14-8-10(18)9-17-12(19)16-7-5-4-6-11(16)15-17/h10,14,18H,4-9H2,1-3H3. The number of aromatic nitrogens is 3. The van der Waals surface area contributed by atoms with Gasteiger partial charge < -0.3 is 10.4 Å². The van der Waals surface area contributed by atoms with Gasteiger partial charge in [-0.25, -0.2) is 9.48 Å². The molecule has 1 aromatic rings. The normalized spacial score (nSPS) is 17.3. The average Bonchev–Trinajstić information content (AvgIpc) is 2.64. The van der Waals surface area contributed by atoms with Gasteiger partial charge in [0.1, 0.15) is 5.82 Å². The molecule has 0 saturated heterocycles. The third-order valence-electron chi connectivity index (χ3n) is 3.28. The van der Waals surface area contributed by atoms with E-state index < -0.39 is 6.10 Å². The summed E-state index contributed by atoms with van der Waals surface area (Å²) in [6.07, 6.45) is 2.38. The minimum absolute atomic E-state index is 0.0423. The van der Waals surface area contributed by atoms with Crippen LogP contribution in [0.2, 0.25) is 0 Å². The SMILES string of the molecule is CC(C)(C)NCC(O)Cn1nc2n(c1=O)CCCC2. The maximum absolute atomic E-state index is 12.1. The summed E-state index contributed by atoms with van der Waals surface area (Å²) < 4.78 is 3.13. The molecule has 1 aliphatic rings. The molecule has 0 radical (unpaired) electrons. The van der Waals surface area contributed by atoms with Crippen molar-refractivity contribution in [3.8, 4) is 0 Å². The summed E-state index contributed by atoms with van der Waals surface area (Å²) in [5.74, 6) is 0.854. The Hall–Kier alpha value is -1.14. The molecule has 1 aromatic heterocycles. The van der Waals surface area contributed by atoms with Crippen LogP contribution in [0.25, 0.3) is 0 Å². The Labute approximate surface area is 113 Å². The van der Waals surface area contributed by atoms with Crippen LogP contribution < -0.4 is 11.0 Å². The van der Waals surface area contributed by atoms with Crippen LogP contribution in [0.5, 0.6) is 0 Å². The largest absolute Gasteiger partial charge is 0.390 e. The molecule has 108 valence electrons. The Morgan fingerprint density at radius 2 is 2.16 bits per heavy atom. The summed E-state index contributed by atoms with van der Waals surface area (Å²) in [5.41, 5.74) is -0.135. The van der Waals surface area contributed by atoms with Crippen LogP contribution in [-0.2, 0) is 19.5 Å². The first kappa shape index (κ1) is 14.3. The molecule has 19 heavy (non-hydrogen) atoms. The fraction of sp³-hybridized carbons (Fsp3) is 0.846. The lowest BCUT2D eigenvalue weighted by Gasteiger charge is -2.22. The van der Waals surface area contributed by atoms with Crippen molar-refractivity contribution in [3.05, 3.63) is 16.3 Å². The quantitative estimate of drug-likeness (QED) is 0.814. The lowest BCUT2D eigenvalue weighted by molar-refractivity contribution is 0.136. The molecular weight excluding hydrogens is 244 g/mol. The maximum atomic E-state index is 12.1. The number of β-amino-alcohol motifs (C(OH)–C–C–N with tert-alkyl or cyclic N) is 1. The van der Waals surface area contributed by atoms with Crippen molar-refractivity contribution >= 4 is 0 Å². The minimum Gasteiger partial charge on any atom is -0.390 e. The van der Waals surface area contributed by atoms with Gasteiger partial charge in [-0.15, -0.1) is 0 Å². The van der Waals surface area contributed by atoms with E-state index in [-0.39, 0.29) is 17.8 Å². The molecule has 0 spiro atoms. The predicted octanol–water partition coefficient (Wildman–Crippen LogP) is 0.130. The molecule has 2 N–H and O–H groups in total. The molecule has 1 aliphatic heterocycles. The van der Waals surface area contributed by atoms with E-state index in [0.29, 0.717) is 6.54 Å². The maximum Gasteiger partial charge on any atom is 0.346 e. The van der Waals surface area contributed by atoms with Crippen LogP contribution in [0.15, 0.2) is 4.79 Å². The predicted molar refractivity (Wildman–Crippen MR) is 73.2 cm³/mol. The number of aliphatic hydroxyl groups is 1. The van der Waals surface area contributed by atoms with Crippen molar-refractivity contribution in [2.75, 3.05) is 6.54 Å². The highest BCUT2D eigenvalue weighted by Gasteiger charge is 2.19. The lowest BCUT2D eigenvalue weighted by atomic mass is 10.1. The minimum atomic E-state index is -0.603. The van der Waals surface area contributed by atoms with E-state index in [1.54, 1.807) is 4.57 Å². The van der Waals surface area contributed by atoms with Gasteiger partial charge in [-0.3, -0.25) is 4.57 Å². The number of nitrogens with zero attached hydrogens (tertiary/aromatic N) is 3. The van der Waals surface area contributed by atoms with E-state index in [4.69, 9.17) is 0 Å². The summed E-state index contributed by atoms with van der Waals surface area (Å²) in [6.45, 7) is 7.59. The zero-order valence-electron chi connectivity index (χ0n) is 12.0.